The van der Waals surface area contributed by atoms with E-state index in [9.17, 15) is 4.79 Å². The molecule has 6 nitrogen and oxygen atoms in total. The third-order valence-electron chi connectivity index (χ3n) is 5.14. The number of nitriles is 1. The second kappa shape index (κ2) is 8.21. The molecule has 0 spiro atoms. The van der Waals surface area contributed by atoms with Gasteiger partial charge in [0, 0.05) is 50.2 Å². The van der Waals surface area contributed by atoms with Crippen LogP contribution in [0.25, 0.3) is 11.3 Å². The van der Waals surface area contributed by atoms with Gasteiger partial charge in [-0.1, -0.05) is 0 Å². The standard InChI is InChI=1S/C23H22N4O2/c1-26(19-6-8-20(9-7-19)27-14-12-25-13-15-27)23(28)22-11-10-21(29-22)18-4-2-17(16-24)3-5-18/h2-11,25H,12-15H2,1H3. The Morgan fingerprint density at radius 3 is 2.38 bits per heavy atom. The van der Waals surface area contributed by atoms with Crippen molar-refractivity contribution in [2.75, 3.05) is 43.0 Å². The van der Waals surface area contributed by atoms with Crippen LogP contribution in [0.15, 0.2) is 65.1 Å². The smallest absolute Gasteiger partial charge is 0.293 e. The molecule has 0 bridgehead atoms. The molecule has 2 heterocycles. The van der Waals surface area contributed by atoms with Gasteiger partial charge in [-0.2, -0.15) is 5.26 Å². The molecular weight excluding hydrogens is 364 g/mol. The molecule has 6 heteroatoms. The molecule has 3 aromatic rings. The average Bonchev–Trinajstić information content (AvgIpc) is 3.29. The van der Waals surface area contributed by atoms with Crippen molar-refractivity contribution in [2.24, 2.45) is 0 Å². The van der Waals surface area contributed by atoms with Crippen LogP contribution in [0.2, 0.25) is 0 Å². The van der Waals surface area contributed by atoms with Crippen molar-refractivity contribution in [1.82, 2.24) is 5.32 Å². The first-order chi connectivity index (χ1) is 14.2. The number of benzene rings is 2. The van der Waals surface area contributed by atoms with E-state index in [4.69, 9.17) is 9.68 Å². The van der Waals surface area contributed by atoms with Gasteiger partial charge < -0.3 is 19.5 Å². The molecule has 1 saturated heterocycles. The minimum atomic E-state index is -0.209. The summed E-state index contributed by atoms with van der Waals surface area (Å²) in [5.41, 5.74) is 3.38. The van der Waals surface area contributed by atoms with Crippen molar-refractivity contribution in [3.8, 4) is 17.4 Å². The van der Waals surface area contributed by atoms with Crippen LogP contribution in [0.5, 0.6) is 0 Å². The van der Waals surface area contributed by atoms with Crippen LogP contribution in [0.1, 0.15) is 16.1 Å². The number of rotatable bonds is 4. The van der Waals surface area contributed by atoms with E-state index in [2.05, 4.69) is 28.4 Å². The van der Waals surface area contributed by atoms with Gasteiger partial charge in [0.05, 0.1) is 11.6 Å². The van der Waals surface area contributed by atoms with E-state index < -0.39 is 0 Å². The van der Waals surface area contributed by atoms with Crippen molar-refractivity contribution in [2.45, 2.75) is 0 Å². The zero-order valence-corrected chi connectivity index (χ0v) is 16.3. The Kier molecular flexibility index (Phi) is 5.32. The third kappa shape index (κ3) is 4.00. The molecule has 1 N–H and O–H groups in total. The number of hydrogen-bond acceptors (Lipinski definition) is 5. The maximum atomic E-state index is 12.8. The molecule has 0 unspecified atom stereocenters. The summed E-state index contributed by atoms with van der Waals surface area (Å²) in [6, 6.07) is 20.6. The first-order valence-electron chi connectivity index (χ1n) is 9.60. The normalized spacial score (nSPS) is 13.7. The van der Waals surface area contributed by atoms with E-state index in [1.165, 1.54) is 0 Å². The van der Waals surface area contributed by atoms with Crippen LogP contribution in [0.3, 0.4) is 0 Å². The molecule has 1 aliphatic rings. The van der Waals surface area contributed by atoms with Crippen LogP contribution in [0.4, 0.5) is 11.4 Å². The van der Waals surface area contributed by atoms with E-state index in [1.54, 1.807) is 36.2 Å². The molecule has 0 aliphatic carbocycles. The zero-order valence-electron chi connectivity index (χ0n) is 16.3. The Labute approximate surface area is 170 Å². The number of carbonyl (C=O) groups excluding carboxylic acids is 1. The number of hydrogen-bond donors (Lipinski definition) is 1. The first-order valence-corrected chi connectivity index (χ1v) is 9.60. The highest BCUT2D eigenvalue weighted by atomic mass is 16.4. The Hall–Kier alpha value is -3.56. The highest BCUT2D eigenvalue weighted by Gasteiger charge is 2.19. The number of anilines is 2. The van der Waals surface area contributed by atoms with Crippen LogP contribution in [-0.4, -0.2) is 39.1 Å². The maximum Gasteiger partial charge on any atom is 0.293 e. The Bertz CT molecular complexity index is 1030. The molecule has 0 atom stereocenters. The number of furan rings is 1. The highest BCUT2D eigenvalue weighted by molar-refractivity contribution is 6.04. The lowest BCUT2D eigenvalue weighted by Gasteiger charge is -2.29. The third-order valence-corrected chi connectivity index (χ3v) is 5.14. The number of amides is 1. The van der Waals surface area contributed by atoms with Gasteiger partial charge in [-0.3, -0.25) is 4.79 Å². The summed E-state index contributed by atoms with van der Waals surface area (Å²) < 4.78 is 5.78. The van der Waals surface area contributed by atoms with E-state index in [0.717, 1.165) is 43.1 Å². The van der Waals surface area contributed by atoms with Gasteiger partial charge in [-0.15, -0.1) is 0 Å². The van der Waals surface area contributed by atoms with Crippen molar-refractivity contribution in [3.05, 3.63) is 72.0 Å². The van der Waals surface area contributed by atoms with Crippen LogP contribution in [-0.2, 0) is 0 Å². The largest absolute Gasteiger partial charge is 0.451 e. The SMILES string of the molecule is CN(C(=O)c1ccc(-c2ccc(C#N)cc2)o1)c1ccc(N2CCNCC2)cc1. The molecule has 0 saturated carbocycles. The number of piperazine rings is 1. The number of nitrogens with one attached hydrogen (secondary N) is 1. The van der Waals surface area contributed by atoms with Crippen LogP contribution in [0, 0.1) is 11.3 Å². The average molecular weight is 386 g/mol. The second-order valence-electron chi connectivity index (χ2n) is 6.97. The summed E-state index contributed by atoms with van der Waals surface area (Å²) in [6.45, 7) is 3.94. The summed E-state index contributed by atoms with van der Waals surface area (Å²) in [4.78, 5) is 16.8. The summed E-state index contributed by atoms with van der Waals surface area (Å²) in [7, 11) is 1.74. The Balaban J connectivity index is 1.47. The maximum absolute atomic E-state index is 12.8. The fourth-order valence-electron chi connectivity index (χ4n) is 3.41. The fourth-order valence-corrected chi connectivity index (χ4v) is 3.41. The van der Waals surface area contributed by atoms with Crippen LogP contribution >= 0.6 is 0 Å². The van der Waals surface area contributed by atoms with Crippen molar-refractivity contribution >= 4 is 17.3 Å². The first kappa shape index (κ1) is 18.8. The summed E-state index contributed by atoms with van der Waals surface area (Å²) in [5, 5.41) is 12.3. The number of nitrogens with zero attached hydrogens (tertiary/aromatic N) is 3. The monoisotopic (exact) mass is 386 g/mol. The molecule has 29 heavy (non-hydrogen) atoms. The predicted molar refractivity (Wildman–Crippen MR) is 113 cm³/mol. The van der Waals surface area contributed by atoms with E-state index in [1.807, 2.05) is 24.3 Å². The zero-order chi connectivity index (χ0) is 20.2. The van der Waals surface area contributed by atoms with E-state index >= 15 is 0 Å². The molecule has 1 amide bonds. The van der Waals surface area contributed by atoms with E-state index in [-0.39, 0.29) is 11.7 Å². The Morgan fingerprint density at radius 1 is 1.03 bits per heavy atom. The Morgan fingerprint density at radius 2 is 1.72 bits per heavy atom. The van der Waals surface area contributed by atoms with Crippen LogP contribution < -0.4 is 15.1 Å². The molecule has 1 fully saturated rings. The van der Waals surface area contributed by atoms with Crippen molar-refractivity contribution in [1.29, 1.82) is 5.26 Å². The van der Waals surface area contributed by atoms with Gasteiger partial charge in [0.15, 0.2) is 5.76 Å². The molecule has 4 rings (SSSR count). The second-order valence-corrected chi connectivity index (χ2v) is 6.97. The lowest BCUT2D eigenvalue weighted by atomic mass is 10.1. The van der Waals surface area contributed by atoms with Gasteiger partial charge in [-0.05, 0) is 60.7 Å². The quantitative estimate of drug-likeness (QED) is 0.743. The summed E-state index contributed by atoms with van der Waals surface area (Å²) in [6.07, 6.45) is 0. The van der Waals surface area contributed by atoms with Gasteiger partial charge in [0.1, 0.15) is 5.76 Å². The predicted octanol–water partition coefficient (Wildman–Crippen LogP) is 3.50. The molecule has 146 valence electrons. The topological polar surface area (TPSA) is 72.5 Å². The van der Waals surface area contributed by atoms with Gasteiger partial charge in [0.2, 0.25) is 0 Å². The lowest BCUT2D eigenvalue weighted by molar-refractivity contribution is 0.0967. The molecule has 0 radical (unpaired) electrons. The fraction of sp³-hybridized carbons (Fsp3) is 0.217. The molecule has 2 aromatic carbocycles. The molecule has 1 aromatic heterocycles. The van der Waals surface area contributed by atoms with Crippen molar-refractivity contribution in [3.63, 3.8) is 0 Å². The summed E-state index contributed by atoms with van der Waals surface area (Å²) >= 11 is 0. The minimum absolute atomic E-state index is 0.209. The molecule has 1 aliphatic heterocycles. The summed E-state index contributed by atoms with van der Waals surface area (Å²) in [5.74, 6) is 0.665. The van der Waals surface area contributed by atoms with Gasteiger partial charge in [0.25, 0.3) is 5.91 Å². The van der Waals surface area contributed by atoms with E-state index in [0.29, 0.717) is 11.3 Å². The van der Waals surface area contributed by atoms with Gasteiger partial charge in [-0.25, -0.2) is 0 Å². The van der Waals surface area contributed by atoms with Crippen molar-refractivity contribution < 1.29 is 9.21 Å². The lowest BCUT2D eigenvalue weighted by Crippen LogP contribution is -2.43. The minimum Gasteiger partial charge on any atom is -0.451 e. The highest BCUT2D eigenvalue weighted by Crippen LogP contribution is 2.25. The van der Waals surface area contributed by atoms with Gasteiger partial charge >= 0.3 is 0 Å². The number of carbonyl (C=O) groups is 1. The molecular formula is C23H22N4O2.